The van der Waals surface area contributed by atoms with Gasteiger partial charge in [0.1, 0.15) is 0 Å². The van der Waals surface area contributed by atoms with Crippen LogP contribution in [0.15, 0.2) is 108 Å². The number of para-hydroxylation sites is 1. The molecule has 0 unspecified atom stereocenters. The molecule has 0 fully saturated rings. The number of hydrogen-bond donors (Lipinski definition) is 0. The molecule has 4 rings (SSSR count). The molecule has 0 radical (unpaired) electrons. The summed E-state index contributed by atoms with van der Waals surface area (Å²) in [5.41, 5.74) is 5.31. The van der Waals surface area contributed by atoms with Gasteiger partial charge in [0.15, 0.2) is 0 Å². The van der Waals surface area contributed by atoms with Gasteiger partial charge in [0.2, 0.25) is 0 Å². The quantitative estimate of drug-likeness (QED) is 0.367. The zero-order valence-electron chi connectivity index (χ0n) is 14.1. The second kappa shape index (κ2) is 7.54. The van der Waals surface area contributed by atoms with Crippen LogP contribution in [0.5, 0.6) is 0 Å². The van der Waals surface area contributed by atoms with Gasteiger partial charge in [-0.3, -0.25) is 4.98 Å². The van der Waals surface area contributed by atoms with Gasteiger partial charge in [0.05, 0.1) is 17.6 Å². The van der Waals surface area contributed by atoms with Crippen molar-refractivity contribution in [1.82, 2.24) is 4.98 Å². The maximum absolute atomic E-state index is 4.69. The van der Waals surface area contributed by atoms with E-state index in [1.54, 1.807) is 0 Å². The molecular weight excluding hydrogens is 384 g/mol. The number of hydrogen-bond acceptors (Lipinski definition) is 2. The Bertz CT molecular complexity index is 966. The first kappa shape index (κ1) is 16.6. The molecule has 4 aromatic rings. The molecule has 0 N–H and O–H groups in total. The van der Waals surface area contributed by atoms with Gasteiger partial charge in [-0.25, -0.2) is 0 Å². The zero-order chi connectivity index (χ0) is 17.8. The van der Waals surface area contributed by atoms with Gasteiger partial charge in [-0.05, 0) is 48.5 Å². The normalized spacial score (nSPS) is 10.5. The summed E-state index contributed by atoms with van der Waals surface area (Å²) in [6.07, 6.45) is 1.93. The van der Waals surface area contributed by atoms with Crippen molar-refractivity contribution in [3.8, 4) is 11.3 Å². The molecule has 26 heavy (non-hydrogen) atoms. The van der Waals surface area contributed by atoms with Gasteiger partial charge in [-0.1, -0.05) is 64.5 Å². The van der Waals surface area contributed by atoms with E-state index in [0.29, 0.717) is 0 Å². The highest BCUT2D eigenvalue weighted by molar-refractivity contribution is 9.10. The first-order chi connectivity index (χ1) is 12.8. The summed E-state index contributed by atoms with van der Waals surface area (Å²) in [5, 5.41) is 0. The van der Waals surface area contributed by atoms with E-state index in [1.165, 1.54) is 0 Å². The molecule has 0 saturated heterocycles. The SMILES string of the molecule is Brc1ccc(N(c2ccccc2)c2ccc(-c3ccccc3)nc2)cc1. The monoisotopic (exact) mass is 400 g/mol. The maximum atomic E-state index is 4.69. The molecule has 126 valence electrons. The van der Waals surface area contributed by atoms with Gasteiger partial charge >= 0.3 is 0 Å². The largest absolute Gasteiger partial charge is 0.309 e. The third kappa shape index (κ3) is 3.53. The van der Waals surface area contributed by atoms with Crippen LogP contribution in [0.1, 0.15) is 0 Å². The highest BCUT2D eigenvalue weighted by Crippen LogP contribution is 2.35. The summed E-state index contributed by atoms with van der Waals surface area (Å²) >= 11 is 3.51. The van der Waals surface area contributed by atoms with Crippen LogP contribution >= 0.6 is 15.9 Å². The number of aromatic nitrogens is 1. The van der Waals surface area contributed by atoms with Crippen LogP contribution in [0.25, 0.3) is 11.3 Å². The molecule has 0 amide bonds. The van der Waals surface area contributed by atoms with Crippen molar-refractivity contribution < 1.29 is 0 Å². The van der Waals surface area contributed by atoms with Crippen LogP contribution in [-0.2, 0) is 0 Å². The Morgan fingerprint density at radius 1 is 0.577 bits per heavy atom. The van der Waals surface area contributed by atoms with Crippen molar-refractivity contribution in [3.63, 3.8) is 0 Å². The van der Waals surface area contributed by atoms with E-state index in [2.05, 4.69) is 86.5 Å². The Kier molecular flexibility index (Phi) is 4.80. The fourth-order valence-electron chi connectivity index (χ4n) is 2.91. The van der Waals surface area contributed by atoms with Crippen LogP contribution in [0, 0.1) is 0 Å². The molecule has 0 saturated carbocycles. The van der Waals surface area contributed by atoms with E-state index < -0.39 is 0 Å². The molecule has 0 bridgehead atoms. The average molecular weight is 401 g/mol. The van der Waals surface area contributed by atoms with Crippen LogP contribution < -0.4 is 4.90 Å². The molecule has 0 aliphatic heterocycles. The van der Waals surface area contributed by atoms with E-state index in [0.717, 1.165) is 32.8 Å². The number of pyridine rings is 1. The van der Waals surface area contributed by atoms with Crippen molar-refractivity contribution in [2.45, 2.75) is 0 Å². The summed E-state index contributed by atoms with van der Waals surface area (Å²) in [5.74, 6) is 0. The van der Waals surface area contributed by atoms with Gasteiger partial charge in [-0.15, -0.1) is 0 Å². The summed E-state index contributed by atoms with van der Waals surface area (Å²) in [6, 6.07) is 33.1. The Morgan fingerprint density at radius 2 is 1.15 bits per heavy atom. The molecule has 1 heterocycles. The second-order valence-corrected chi connectivity index (χ2v) is 6.83. The van der Waals surface area contributed by atoms with Gasteiger partial charge in [-0.2, -0.15) is 0 Å². The molecule has 0 atom stereocenters. The lowest BCUT2D eigenvalue weighted by atomic mass is 10.1. The third-order valence-corrected chi connectivity index (χ3v) is 4.70. The number of rotatable bonds is 4. The summed E-state index contributed by atoms with van der Waals surface area (Å²) in [7, 11) is 0. The first-order valence-electron chi connectivity index (χ1n) is 8.43. The highest BCUT2D eigenvalue weighted by atomic mass is 79.9. The van der Waals surface area contributed by atoms with E-state index in [4.69, 9.17) is 0 Å². The summed E-state index contributed by atoms with van der Waals surface area (Å²) < 4.78 is 1.06. The molecule has 3 heteroatoms. The average Bonchev–Trinajstić information content (AvgIpc) is 2.72. The van der Waals surface area contributed by atoms with Crippen molar-refractivity contribution >= 4 is 33.0 Å². The summed E-state index contributed by atoms with van der Waals surface area (Å²) in [6.45, 7) is 0. The van der Waals surface area contributed by atoms with Gasteiger partial charge < -0.3 is 4.90 Å². The standard InChI is InChI=1S/C23H17BrN2/c24-19-11-13-21(14-12-19)26(20-9-5-2-6-10-20)22-15-16-23(25-17-22)18-7-3-1-4-8-18/h1-17H. The Hall–Kier alpha value is -2.91. The van der Waals surface area contributed by atoms with E-state index in [9.17, 15) is 0 Å². The molecule has 1 aromatic heterocycles. The minimum absolute atomic E-state index is 0.971. The number of anilines is 3. The van der Waals surface area contributed by atoms with Crippen molar-refractivity contribution in [2.75, 3.05) is 4.90 Å². The smallest absolute Gasteiger partial charge is 0.0703 e. The van der Waals surface area contributed by atoms with Crippen LogP contribution in [-0.4, -0.2) is 4.98 Å². The van der Waals surface area contributed by atoms with Gasteiger partial charge in [0, 0.05) is 21.4 Å². The minimum atomic E-state index is 0.971. The van der Waals surface area contributed by atoms with E-state index in [-0.39, 0.29) is 0 Å². The summed E-state index contributed by atoms with van der Waals surface area (Å²) in [4.78, 5) is 6.89. The predicted molar refractivity (Wildman–Crippen MR) is 112 cm³/mol. The minimum Gasteiger partial charge on any atom is -0.309 e. The number of nitrogens with zero attached hydrogens (tertiary/aromatic N) is 2. The lowest BCUT2D eigenvalue weighted by molar-refractivity contribution is 1.23. The number of benzene rings is 3. The highest BCUT2D eigenvalue weighted by Gasteiger charge is 2.12. The van der Waals surface area contributed by atoms with E-state index in [1.807, 2.05) is 42.6 Å². The van der Waals surface area contributed by atoms with Crippen molar-refractivity contribution in [3.05, 3.63) is 108 Å². The predicted octanol–water partition coefficient (Wildman–Crippen LogP) is 6.98. The number of halogens is 1. The topological polar surface area (TPSA) is 16.1 Å². The zero-order valence-corrected chi connectivity index (χ0v) is 15.7. The van der Waals surface area contributed by atoms with Crippen LogP contribution in [0.4, 0.5) is 17.1 Å². The molecule has 0 aliphatic carbocycles. The molecular formula is C23H17BrN2. The molecule has 0 spiro atoms. The second-order valence-electron chi connectivity index (χ2n) is 5.92. The Morgan fingerprint density at radius 3 is 1.77 bits per heavy atom. The van der Waals surface area contributed by atoms with Crippen LogP contribution in [0.2, 0.25) is 0 Å². The van der Waals surface area contributed by atoms with Crippen molar-refractivity contribution in [1.29, 1.82) is 0 Å². The lowest BCUT2D eigenvalue weighted by Crippen LogP contribution is -2.10. The molecule has 3 aromatic carbocycles. The van der Waals surface area contributed by atoms with Crippen LogP contribution in [0.3, 0.4) is 0 Å². The fraction of sp³-hybridized carbons (Fsp3) is 0. The molecule has 0 aliphatic rings. The lowest BCUT2D eigenvalue weighted by Gasteiger charge is -2.25. The van der Waals surface area contributed by atoms with Gasteiger partial charge in [0.25, 0.3) is 0 Å². The first-order valence-corrected chi connectivity index (χ1v) is 9.23. The molecule has 2 nitrogen and oxygen atoms in total. The Balaban J connectivity index is 1.76. The Labute approximate surface area is 161 Å². The van der Waals surface area contributed by atoms with E-state index >= 15 is 0 Å². The third-order valence-electron chi connectivity index (χ3n) is 4.17. The maximum Gasteiger partial charge on any atom is 0.0703 e. The van der Waals surface area contributed by atoms with Crippen molar-refractivity contribution in [2.24, 2.45) is 0 Å². The fourth-order valence-corrected chi connectivity index (χ4v) is 3.18.